The Morgan fingerprint density at radius 3 is 2.17 bits per heavy atom. The van der Waals surface area contributed by atoms with Gasteiger partial charge in [0.1, 0.15) is 42.6 Å². The summed E-state index contributed by atoms with van der Waals surface area (Å²) in [6, 6.07) is 14.5. The van der Waals surface area contributed by atoms with Gasteiger partial charge in [-0.25, -0.2) is 9.59 Å². The molecule has 5 N–H and O–H groups in total. The highest BCUT2D eigenvalue weighted by Crippen LogP contribution is 2.64. The Labute approximate surface area is 376 Å². The second-order valence-corrected chi connectivity index (χ2v) is 17.8. The van der Waals surface area contributed by atoms with Gasteiger partial charge in [-0.3, -0.25) is 24.0 Å². The van der Waals surface area contributed by atoms with Crippen molar-refractivity contribution >= 4 is 41.5 Å². The third kappa shape index (κ3) is 9.06. The highest BCUT2D eigenvalue weighted by atomic mass is 16.6. The fourth-order valence-corrected chi connectivity index (χ4v) is 10.2. The maximum atomic E-state index is 15.1. The highest BCUT2D eigenvalue weighted by molar-refractivity contribution is 5.94. The molecule has 2 saturated carbocycles. The van der Waals surface area contributed by atoms with E-state index in [1.165, 1.54) is 46.8 Å². The largest absolute Gasteiger partial charge is 0.455 e. The molecule has 1 aliphatic heterocycles. The standard InChI is InChI=1S/C47H58N2O16/c1-8-60-20-19-33(53)48-23-34(54)63-38(36(49-26(3)50)28-15-11-9-12-16-28)43(58)62-30-22-47(59)41(64-42(57)29-17-13-10-14-18-29)39-45(7,40(56)37(55)35(25(30)2)44(47,5)6)31(52)21-32-46(39,24-61-32)65-27(4)51/h9-18,30-32,36-39,41,52,55,59H,8,19-24H2,1-7H3,(H,48,53)(H,49,50)/t30-,31-,32?,36-,37+,38+,39?,41?,45?,46-,47+/m0/s1. The van der Waals surface area contributed by atoms with E-state index in [0.29, 0.717) is 12.2 Å². The van der Waals surface area contributed by atoms with Gasteiger partial charge in [-0.2, -0.15) is 0 Å². The molecule has 65 heavy (non-hydrogen) atoms. The number of carbonyl (C=O) groups is 7. The molecule has 352 valence electrons. The first-order chi connectivity index (χ1) is 30.6. The number of ether oxygens (including phenoxy) is 6. The van der Waals surface area contributed by atoms with E-state index in [2.05, 4.69) is 10.6 Å². The Morgan fingerprint density at radius 2 is 1.58 bits per heavy atom. The first-order valence-electron chi connectivity index (χ1n) is 21.6. The number of hydrogen-bond acceptors (Lipinski definition) is 16. The van der Waals surface area contributed by atoms with Crippen LogP contribution in [0.2, 0.25) is 0 Å². The summed E-state index contributed by atoms with van der Waals surface area (Å²) in [4.78, 5) is 95.6. The summed E-state index contributed by atoms with van der Waals surface area (Å²) in [7, 11) is 0. The number of benzene rings is 2. The zero-order chi connectivity index (χ0) is 47.6. The first kappa shape index (κ1) is 48.9. The Morgan fingerprint density at radius 1 is 0.938 bits per heavy atom. The maximum Gasteiger partial charge on any atom is 0.350 e. The van der Waals surface area contributed by atoms with Crippen molar-refractivity contribution in [3.8, 4) is 0 Å². The number of Topliss-reactive ketones (excluding diaryl/α,β-unsaturated/α-hetero) is 1. The molecule has 4 unspecified atom stereocenters. The molecule has 3 aliphatic carbocycles. The van der Waals surface area contributed by atoms with Gasteiger partial charge < -0.3 is 54.4 Å². The van der Waals surface area contributed by atoms with E-state index in [-0.39, 0.29) is 42.8 Å². The molecule has 4 aliphatic rings. The lowest BCUT2D eigenvalue weighted by Crippen LogP contribution is -2.81. The van der Waals surface area contributed by atoms with Gasteiger partial charge in [0.25, 0.3) is 0 Å². The summed E-state index contributed by atoms with van der Waals surface area (Å²) >= 11 is 0. The number of hydrogen-bond donors (Lipinski definition) is 5. The Hall–Kier alpha value is -5.53. The van der Waals surface area contributed by atoms with Crippen molar-refractivity contribution in [2.24, 2.45) is 16.7 Å². The normalized spacial score (nSPS) is 30.9. The van der Waals surface area contributed by atoms with Crippen molar-refractivity contribution in [2.45, 2.75) is 122 Å². The Bertz CT molecular complexity index is 2200. The predicted molar refractivity (Wildman–Crippen MR) is 226 cm³/mol. The number of amides is 2. The number of rotatable bonds is 15. The van der Waals surface area contributed by atoms with Crippen molar-refractivity contribution < 1.29 is 77.3 Å². The van der Waals surface area contributed by atoms with Crippen LogP contribution >= 0.6 is 0 Å². The van der Waals surface area contributed by atoms with Crippen molar-refractivity contribution in [1.29, 1.82) is 0 Å². The quantitative estimate of drug-likeness (QED) is 0.0741. The summed E-state index contributed by atoms with van der Waals surface area (Å²) in [5.41, 5.74) is -7.60. The molecule has 2 aromatic carbocycles. The van der Waals surface area contributed by atoms with Crippen LogP contribution in [0.4, 0.5) is 0 Å². The Kier molecular flexibility index (Phi) is 14.4. The molecule has 2 amide bonds. The SMILES string of the molecule is CCOCCC(=O)NCC(=O)O[C@@H](C(=O)O[C@H]1C[C@@]2(O)C(OC(=O)c3ccccc3)C3C(C)(C(=O)[C@H](O)C(=C1C)C2(C)C)[C@@H](O)CC1OC[C@]13OC(C)=O)[C@@H](NC(C)=O)c1ccccc1. The molecule has 18 nitrogen and oxygen atoms in total. The second-order valence-electron chi connectivity index (χ2n) is 17.8. The number of aliphatic hydroxyl groups is 3. The van der Waals surface area contributed by atoms with Gasteiger partial charge in [-0.1, -0.05) is 62.4 Å². The number of aliphatic hydroxyl groups excluding tert-OH is 2. The van der Waals surface area contributed by atoms with Gasteiger partial charge in [0.05, 0.1) is 36.2 Å². The lowest BCUT2D eigenvalue weighted by atomic mass is 9.44. The van der Waals surface area contributed by atoms with E-state index in [0.717, 1.165) is 6.92 Å². The summed E-state index contributed by atoms with van der Waals surface area (Å²) < 4.78 is 35.3. The molecule has 0 spiro atoms. The van der Waals surface area contributed by atoms with Gasteiger partial charge in [0.15, 0.2) is 11.4 Å². The van der Waals surface area contributed by atoms with Crippen LogP contribution in [-0.2, 0) is 57.2 Å². The molecule has 3 fully saturated rings. The molecular weight excluding hydrogens is 849 g/mol. The molecule has 18 heteroatoms. The summed E-state index contributed by atoms with van der Waals surface area (Å²) in [5.74, 6) is -7.75. The van der Waals surface area contributed by atoms with Crippen molar-refractivity contribution in [3.63, 3.8) is 0 Å². The monoisotopic (exact) mass is 906 g/mol. The molecule has 1 saturated heterocycles. The molecular formula is C47H58N2O16. The van der Waals surface area contributed by atoms with Crippen molar-refractivity contribution in [2.75, 3.05) is 26.4 Å². The average Bonchev–Trinajstić information content (AvgIpc) is 3.25. The third-order valence-corrected chi connectivity index (χ3v) is 13.6. The van der Waals surface area contributed by atoms with E-state index in [1.807, 2.05) is 0 Å². The zero-order valence-electron chi connectivity index (χ0n) is 37.5. The molecule has 1 heterocycles. The smallest absolute Gasteiger partial charge is 0.350 e. The van der Waals surface area contributed by atoms with Crippen LogP contribution in [0.15, 0.2) is 71.8 Å². The van der Waals surface area contributed by atoms with Gasteiger partial charge in [-0.15, -0.1) is 0 Å². The number of fused-ring (bicyclic) bond motifs is 5. The van der Waals surface area contributed by atoms with Crippen LogP contribution in [0.3, 0.4) is 0 Å². The third-order valence-electron chi connectivity index (χ3n) is 13.6. The van der Waals surface area contributed by atoms with Crippen LogP contribution < -0.4 is 10.6 Å². The number of ketones is 1. The lowest BCUT2D eigenvalue weighted by Gasteiger charge is -2.67. The molecule has 2 bridgehead atoms. The zero-order valence-corrected chi connectivity index (χ0v) is 37.5. The molecule has 11 atom stereocenters. The molecule has 0 aromatic heterocycles. The second kappa shape index (κ2) is 19.1. The minimum atomic E-state index is -2.43. The summed E-state index contributed by atoms with van der Waals surface area (Å²) in [5, 5.41) is 42.9. The van der Waals surface area contributed by atoms with E-state index in [1.54, 1.807) is 55.5 Å². The summed E-state index contributed by atoms with van der Waals surface area (Å²) in [6.45, 7) is 9.43. The molecule has 0 radical (unpaired) electrons. The van der Waals surface area contributed by atoms with Gasteiger partial charge in [0.2, 0.25) is 17.9 Å². The number of carbonyl (C=O) groups excluding carboxylic acids is 7. The predicted octanol–water partition coefficient (Wildman–Crippen LogP) is 1.96. The highest BCUT2D eigenvalue weighted by Gasteiger charge is 2.78. The van der Waals surface area contributed by atoms with E-state index in [4.69, 9.17) is 28.4 Å². The van der Waals surface area contributed by atoms with E-state index >= 15 is 4.79 Å². The van der Waals surface area contributed by atoms with Crippen LogP contribution in [0, 0.1) is 16.7 Å². The minimum absolute atomic E-state index is 0.0501. The fourth-order valence-electron chi connectivity index (χ4n) is 10.2. The van der Waals surface area contributed by atoms with Crippen LogP contribution in [-0.4, -0.2) is 131 Å². The topological polar surface area (TPSA) is 260 Å². The van der Waals surface area contributed by atoms with Gasteiger partial charge >= 0.3 is 23.9 Å². The molecule has 2 aromatic rings. The van der Waals surface area contributed by atoms with E-state index in [9.17, 15) is 44.1 Å². The number of esters is 4. The van der Waals surface area contributed by atoms with Crippen LogP contribution in [0.1, 0.15) is 89.7 Å². The van der Waals surface area contributed by atoms with Crippen LogP contribution in [0.5, 0.6) is 0 Å². The molecule has 6 rings (SSSR count). The van der Waals surface area contributed by atoms with E-state index < -0.39 is 125 Å². The Balaban J connectivity index is 1.48. The van der Waals surface area contributed by atoms with Gasteiger partial charge in [0, 0.05) is 45.1 Å². The minimum Gasteiger partial charge on any atom is -0.455 e. The number of nitrogens with one attached hydrogen (secondary N) is 2. The first-order valence-corrected chi connectivity index (χ1v) is 21.6. The fraction of sp³-hybridized carbons (Fsp3) is 0.553. The van der Waals surface area contributed by atoms with Gasteiger partial charge in [-0.05, 0) is 49.6 Å². The average molecular weight is 907 g/mol. The van der Waals surface area contributed by atoms with Crippen molar-refractivity contribution in [3.05, 3.63) is 82.9 Å². The van der Waals surface area contributed by atoms with Crippen molar-refractivity contribution in [1.82, 2.24) is 10.6 Å². The lowest BCUT2D eigenvalue weighted by molar-refractivity contribution is -0.346. The maximum absolute atomic E-state index is 15.1. The summed E-state index contributed by atoms with van der Waals surface area (Å²) in [6.07, 6.45) is -10.9. The van der Waals surface area contributed by atoms with Crippen LogP contribution in [0.25, 0.3) is 0 Å².